The first-order chi connectivity index (χ1) is 10.0. The Balaban J connectivity index is 2.72. The summed E-state index contributed by atoms with van der Waals surface area (Å²) in [5.74, 6) is 4.73. The Labute approximate surface area is 125 Å². The van der Waals surface area contributed by atoms with E-state index in [4.69, 9.17) is 5.11 Å². The van der Waals surface area contributed by atoms with Crippen molar-refractivity contribution in [1.82, 2.24) is 10.2 Å². The highest BCUT2D eigenvalue weighted by Crippen LogP contribution is 2.10. The first-order valence-electron chi connectivity index (χ1n) is 6.87. The van der Waals surface area contributed by atoms with Crippen LogP contribution in [-0.4, -0.2) is 49.7 Å². The zero-order chi connectivity index (χ0) is 15.7. The predicted molar refractivity (Wildman–Crippen MR) is 80.5 cm³/mol. The van der Waals surface area contributed by atoms with Crippen molar-refractivity contribution < 1.29 is 14.3 Å². The minimum Gasteiger partial charge on any atom is -0.395 e. The van der Waals surface area contributed by atoms with Gasteiger partial charge in [-0.1, -0.05) is 11.8 Å². The number of aliphatic hydroxyl groups excluding tert-OH is 1. The van der Waals surface area contributed by atoms with Gasteiger partial charge in [-0.25, -0.2) is 4.39 Å². The van der Waals surface area contributed by atoms with E-state index in [2.05, 4.69) is 17.2 Å². The van der Waals surface area contributed by atoms with Gasteiger partial charge in [0.15, 0.2) is 0 Å². The third-order valence-electron chi connectivity index (χ3n) is 2.75. The summed E-state index contributed by atoms with van der Waals surface area (Å²) in [5, 5.41) is 11.5. The summed E-state index contributed by atoms with van der Waals surface area (Å²) in [6.45, 7) is 1.37. The van der Waals surface area contributed by atoms with Crippen molar-refractivity contribution in [1.29, 1.82) is 0 Å². The molecule has 0 atom stereocenters. The Kier molecular flexibility index (Phi) is 7.44. The molecule has 5 heteroatoms. The summed E-state index contributed by atoms with van der Waals surface area (Å²) in [6, 6.07) is 3.91. The summed E-state index contributed by atoms with van der Waals surface area (Å²) in [4.78, 5) is 14.1. The number of hydrogen-bond donors (Lipinski definition) is 2. The maximum atomic E-state index is 13.3. The van der Waals surface area contributed by atoms with Crippen LogP contribution in [0.3, 0.4) is 0 Å². The molecule has 0 saturated heterocycles. The van der Waals surface area contributed by atoms with E-state index in [-0.39, 0.29) is 12.5 Å². The van der Waals surface area contributed by atoms with Crippen molar-refractivity contribution >= 4 is 5.91 Å². The van der Waals surface area contributed by atoms with Gasteiger partial charge in [0, 0.05) is 18.5 Å². The number of nitrogens with zero attached hydrogens (tertiary/aromatic N) is 1. The van der Waals surface area contributed by atoms with Crippen molar-refractivity contribution in [2.75, 3.05) is 33.8 Å². The lowest BCUT2D eigenvalue weighted by atomic mass is 10.1. The molecule has 0 bridgehead atoms. The van der Waals surface area contributed by atoms with E-state index in [0.717, 1.165) is 13.0 Å². The number of rotatable bonds is 6. The lowest BCUT2D eigenvalue weighted by Gasteiger charge is -2.10. The molecular weight excluding hydrogens is 271 g/mol. The third-order valence-corrected chi connectivity index (χ3v) is 2.75. The van der Waals surface area contributed by atoms with E-state index >= 15 is 0 Å². The smallest absolute Gasteiger partial charge is 0.252 e. The standard InChI is InChI=1S/C16H21FN2O2/c1-19(2)10-5-9-18-16(21)15-8-7-14(17)12-13(15)6-3-4-11-20/h7-8,12,20H,4-5,9-11H2,1-2H3,(H,18,21). The van der Waals surface area contributed by atoms with Gasteiger partial charge in [-0.3, -0.25) is 4.79 Å². The predicted octanol–water partition coefficient (Wildman–Crippen LogP) is 1.24. The average Bonchev–Trinajstić information content (AvgIpc) is 2.43. The van der Waals surface area contributed by atoms with E-state index in [0.29, 0.717) is 24.1 Å². The molecule has 0 radical (unpaired) electrons. The van der Waals surface area contributed by atoms with Crippen molar-refractivity contribution in [3.63, 3.8) is 0 Å². The highest BCUT2D eigenvalue weighted by molar-refractivity contribution is 5.96. The molecule has 0 fully saturated rings. The molecule has 0 aliphatic carbocycles. The fourth-order valence-corrected chi connectivity index (χ4v) is 1.72. The summed E-state index contributed by atoms with van der Waals surface area (Å²) in [6.07, 6.45) is 1.13. The van der Waals surface area contributed by atoms with Gasteiger partial charge >= 0.3 is 0 Å². The van der Waals surface area contributed by atoms with Crippen LogP contribution in [0.4, 0.5) is 4.39 Å². The summed E-state index contributed by atoms with van der Waals surface area (Å²) < 4.78 is 13.3. The number of aliphatic hydroxyl groups is 1. The minimum atomic E-state index is -0.438. The van der Waals surface area contributed by atoms with E-state index in [9.17, 15) is 9.18 Å². The Bertz CT molecular complexity index is 533. The number of hydrogen-bond acceptors (Lipinski definition) is 3. The number of benzene rings is 1. The molecule has 21 heavy (non-hydrogen) atoms. The SMILES string of the molecule is CN(C)CCCNC(=O)c1ccc(F)cc1C#CCCO. The van der Waals surface area contributed by atoms with E-state index in [1.807, 2.05) is 19.0 Å². The second-order valence-corrected chi connectivity index (χ2v) is 4.88. The molecule has 0 unspecified atom stereocenters. The second kappa shape index (κ2) is 9.11. The molecule has 1 rings (SSSR count). The van der Waals surface area contributed by atoms with Gasteiger partial charge in [0.2, 0.25) is 0 Å². The first-order valence-corrected chi connectivity index (χ1v) is 6.87. The maximum absolute atomic E-state index is 13.3. The lowest BCUT2D eigenvalue weighted by molar-refractivity contribution is 0.0952. The van der Waals surface area contributed by atoms with Gasteiger partial charge in [-0.15, -0.1) is 0 Å². The maximum Gasteiger partial charge on any atom is 0.252 e. The highest BCUT2D eigenvalue weighted by atomic mass is 19.1. The monoisotopic (exact) mass is 292 g/mol. The molecule has 2 N–H and O–H groups in total. The fourth-order valence-electron chi connectivity index (χ4n) is 1.72. The van der Waals surface area contributed by atoms with Crippen LogP contribution in [0.5, 0.6) is 0 Å². The molecule has 1 aromatic rings. The van der Waals surface area contributed by atoms with Crippen molar-refractivity contribution in [3.05, 3.63) is 35.1 Å². The van der Waals surface area contributed by atoms with E-state index < -0.39 is 5.82 Å². The van der Waals surface area contributed by atoms with Gasteiger partial charge < -0.3 is 15.3 Å². The van der Waals surface area contributed by atoms with Gasteiger partial charge in [-0.05, 0) is 45.3 Å². The Hall–Kier alpha value is -1.90. The molecule has 0 aliphatic heterocycles. The van der Waals surface area contributed by atoms with Gasteiger partial charge in [0.25, 0.3) is 5.91 Å². The number of carbonyl (C=O) groups excluding carboxylic acids is 1. The van der Waals surface area contributed by atoms with E-state index in [1.54, 1.807) is 0 Å². The number of halogens is 1. The van der Waals surface area contributed by atoms with Crippen LogP contribution in [0.15, 0.2) is 18.2 Å². The Morgan fingerprint density at radius 2 is 2.19 bits per heavy atom. The second-order valence-electron chi connectivity index (χ2n) is 4.88. The zero-order valence-electron chi connectivity index (χ0n) is 12.4. The molecule has 1 aromatic carbocycles. The van der Waals surface area contributed by atoms with Crippen LogP contribution >= 0.6 is 0 Å². The molecule has 0 spiro atoms. The molecule has 0 heterocycles. The van der Waals surface area contributed by atoms with Crippen LogP contribution in [0, 0.1) is 17.7 Å². The quantitative estimate of drug-likeness (QED) is 0.613. The van der Waals surface area contributed by atoms with Crippen molar-refractivity contribution in [2.45, 2.75) is 12.8 Å². The van der Waals surface area contributed by atoms with Gasteiger partial charge in [-0.2, -0.15) is 0 Å². The first kappa shape index (κ1) is 17.2. The molecule has 1 amide bonds. The topological polar surface area (TPSA) is 52.6 Å². The van der Waals surface area contributed by atoms with Crippen molar-refractivity contribution in [3.8, 4) is 11.8 Å². The van der Waals surface area contributed by atoms with Crippen LogP contribution in [0.25, 0.3) is 0 Å². The Morgan fingerprint density at radius 3 is 2.86 bits per heavy atom. The molecule has 0 saturated carbocycles. The van der Waals surface area contributed by atoms with Crippen molar-refractivity contribution in [2.24, 2.45) is 0 Å². The van der Waals surface area contributed by atoms with Crippen LogP contribution in [0.1, 0.15) is 28.8 Å². The largest absolute Gasteiger partial charge is 0.395 e. The summed E-state index contributed by atoms with van der Waals surface area (Å²) in [7, 11) is 3.94. The van der Waals surface area contributed by atoms with Gasteiger partial charge in [0.1, 0.15) is 5.82 Å². The fraction of sp³-hybridized carbons (Fsp3) is 0.438. The average molecular weight is 292 g/mol. The lowest BCUT2D eigenvalue weighted by Crippen LogP contribution is -2.27. The molecular formula is C16H21FN2O2. The summed E-state index contributed by atoms with van der Waals surface area (Å²) >= 11 is 0. The third kappa shape index (κ3) is 6.39. The molecule has 4 nitrogen and oxygen atoms in total. The number of carbonyl (C=O) groups is 1. The minimum absolute atomic E-state index is 0.0611. The zero-order valence-corrected chi connectivity index (χ0v) is 12.4. The molecule has 0 aromatic heterocycles. The summed E-state index contributed by atoms with van der Waals surface area (Å²) in [5.41, 5.74) is 0.695. The van der Waals surface area contributed by atoms with Crippen LogP contribution in [-0.2, 0) is 0 Å². The van der Waals surface area contributed by atoms with Gasteiger partial charge in [0.05, 0.1) is 12.2 Å². The number of amides is 1. The molecule has 0 aliphatic rings. The highest BCUT2D eigenvalue weighted by Gasteiger charge is 2.10. The van der Waals surface area contributed by atoms with Crippen LogP contribution in [0.2, 0.25) is 0 Å². The normalized spacial score (nSPS) is 10.1. The number of nitrogens with one attached hydrogen (secondary N) is 1. The Morgan fingerprint density at radius 1 is 1.43 bits per heavy atom. The molecule has 114 valence electrons. The van der Waals surface area contributed by atoms with E-state index in [1.165, 1.54) is 18.2 Å². The van der Waals surface area contributed by atoms with Crippen LogP contribution < -0.4 is 5.32 Å².